The van der Waals surface area contributed by atoms with Gasteiger partial charge in [-0.2, -0.15) is 0 Å². The summed E-state index contributed by atoms with van der Waals surface area (Å²) in [5.41, 5.74) is 5.18. The standard InChI is InChI=1S/C8H15N3O3/c1-10-2-3-11(7(13)5-12)4-6(10)8(9)14/h6,12H,2-5H2,1H3,(H2,9,14)/t6-/m1/s1. The second kappa shape index (κ2) is 4.39. The SMILES string of the molecule is CN1CCN(C(=O)CO)C[C@@H]1C(N)=O. The van der Waals surface area contributed by atoms with Gasteiger partial charge in [-0.05, 0) is 7.05 Å². The van der Waals surface area contributed by atoms with E-state index >= 15 is 0 Å². The van der Waals surface area contributed by atoms with E-state index in [4.69, 9.17) is 10.8 Å². The van der Waals surface area contributed by atoms with Crippen LogP contribution in [0.15, 0.2) is 0 Å². The summed E-state index contributed by atoms with van der Waals surface area (Å²) in [7, 11) is 1.79. The lowest BCUT2D eigenvalue weighted by Gasteiger charge is -2.37. The summed E-state index contributed by atoms with van der Waals surface area (Å²) in [6, 6.07) is -0.445. The van der Waals surface area contributed by atoms with Gasteiger partial charge in [0.05, 0.1) is 0 Å². The molecule has 0 aromatic heterocycles. The minimum Gasteiger partial charge on any atom is -0.387 e. The largest absolute Gasteiger partial charge is 0.387 e. The molecule has 0 unspecified atom stereocenters. The van der Waals surface area contributed by atoms with Gasteiger partial charge in [0.1, 0.15) is 12.6 Å². The van der Waals surface area contributed by atoms with Crippen molar-refractivity contribution >= 4 is 11.8 Å². The molecule has 6 heteroatoms. The Morgan fingerprint density at radius 3 is 2.64 bits per heavy atom. The fraction of sp³-hybridized carbons (Fsp3) is 0.750. The molecule has 1 saturated heterocycles. The van der Waals surface area contributed by atoms with Gasteiger partial charge in [-0.15, -0.1) is 0 Å². The number of rotatable bonds is 2. The molecular formula is C8H15N3O3. The number of aliphatic hydroxyl groups excluding tert-OH is 1. The molecule has 1 atom stereocenters. The van der Waals surface area contributed by atoms with E-state index in [0.29, 0.717) is 13.1 Å². The lowest BCUT2D eigenvalue weighted by molar-refractivity contribution is -0.139. The van der Waals surface area contributed by atoms with E-state index in [0.717, 1.165) is 0 Å². The van der Waals surface area contributed by atoms with Gasteiger partial charge in [0, 0.05) is 19.6 Å². The molecule has 0 aromatic rings. The number of hydrogen-bond donors (Lipinski definition) is 2. The van der Waals surface area contributed by atoms with Crippen molar-refractivity contribution in [3.63, 3.8) is 0 Å². The van der Waals surface area contributed by atoms with Gasteiger partial charge in [-0.25, -0.2) is 0 Å². The second-order valence-corrected chi connectivity index (χ2v) is 3.40. The highest BCUT2D eigenvalue weighted by atomic mass is 16.3. The van der Waals surface area contributed by atoms with E-state index in [1.54, 1.807) is 7.05 Å². The first-order valence-electron chi connectivity index (χ1n) is 4.44. The zero-order valence-corrected chi connectivity index (χ0v) is 8.14. The van der Waals surface area contributed by atoms with Crippen molar-refractivity contribution in [2.24, 2.45) is 5.73 Å². The molecule has 0 aliphatic carbocycles. The molecule has 3 N–H and O–H groups in total. The number of amides is 2. The number of hydrogen-bond acceptors (Lipinski definition) is 4. The molecule has 0 saturated carbocycles. The van der Waals surface area contributed by atoms with Crippen molar-refractivity contribution in [1.29, 1.82) is 0 Å². The molecule has 1 heterocycles. The topological polar surface area (TPSA) is 86.9 Å². The molecule has 6 nitrogen and oxygen atoms in total. The third-order valence-corrected chi connectivity index (χ3v) is 2.46. The lowest BCUT2D eigenvalue weighted by atomic mass is 10.1. The van der Waals surface area contributed by atoms with Crippen LogP contribution in [0.2, 0.25) is 0 Å². The zero-order valence-electron chi connectivity index (χ0n) is 8.14. The van der Waals surface area contributed by atoms with Crippen molar-refractivity contribution < 1.29 is 14.7 Å². The van der Waals surface area contributed by atoms with Crippen molar-refractivity contribution in [2.45, 2.75) is 6.04 Å². The van der Waals surface area contributed by atoms with Gasteiger partial charge in [0.15, 0.2) is 0 Å². The summed E-state index contributed by atoms with van der Waals surface area (Å²) in [5.74, 6) is -0.799. The van der Waals surface area contributed by atoms with E-state index in [9.17, 15) is 9.59 Å². The molecule has 14 heavy (non-hydrogen) atoms. The predicted molar refractivity (Wildman–Crippen MR) is 49.3 cm³/mol. The van der Waals surface area contributed by atoms with Crippen LogP contribution in [0.4, 0.5) is 0 Å². The Bertz CT molecular complexity index is 244. The molecule has 2 amide bonds. The molecule has 1 aliphatic heterocycles. The van der Waals surface area contributed by atoms with Crippen LogP contribution < -0.4 is 5.73 Å². The smallest absolute Gasteiger partial charge is 0.248 e. The highest BCUT2D eigenvalue weighted by Crippen LogP contribution is 2.07. The molecule has 0 aromatic carbocycles. The average Bonchev–Trinajstić information content (AvgIpc) is 2.17. The average molecular weight is 201 g/mol. The number of carbonyl (C=O) groups is 2. The number of piperazine rings is 1. The van der Waals surface area contributed by atoms with Crippen LogP contribution in [0.5, 0.6) is 0 Å². The van der Waals surface area contributed by atoms with Crippen LogP contribution in [0.3, 0.4) is 0 Å². The first-order valence-corrected chi connectivity index (χ1v) is 4.44. The Morgan fingerprint density at radius 1 is 1.50 bits per heavy atom. The normalized spacial score (nSPS) is 23.6. The van der Waals surface area contributed by atoms with Crippen molar-refractivity contribution in [3.05, 3.63) is 0 Å². The highest BCUT2D eigenvalue weighted by Gasteiger charge is 2.30. The minimum atomic E-state index is -0.519. The van der Waals surface area contributed by atoms with Crippen LogP contribution in [-0.2, 0) is 9.59 Å². The Balaban J connectivity index is 2.62. The number of primary amides is 1. The maximum Gasteiger partial charge on any atom is 0.248 e. The third kappa shape index (κ3) is 2.21. The Labute approximate surface area is 82.3 Å². The molecule has 80 valence electrons. The van der Waals surface area contributed by atoms with E-state index in [-0.39, 0.29) is 12.5 Å². The highest BCUT2D eigenvalue weighted by molar-refractivity contribution is 5.82. The second-order valence-electron chi connectivity index (χ2n) is 3.40. The van der Waals surface area contributed by atoms with E-state index in [1.807, 2.05) is 4.90 Å². The van der Waals surface area contributed by atoms with E-state index < -0.39 is 18.6 Å². The summed E-state index contributed by atoms with van der Waals surface area (Å²) in [5, 5.41) is 8.66. The van der Waals surface area contributed by atoms with Gasteiger partial charge >= 0.3 is 0 Å². The molecular weight excluding hydrogens is 186 g/mol. The Hall–Kier alpha value is -1.14. The first-order chi connectivity index (χ1) is 6.56. The van der Waals surface area contributed by atoms with Crippen LogP contribution >= 0.6 is 0 Å². The summed E-state index contributed by atoms with van der Waals surface area (Å²) >= 11 is 0. The number of carbonyl (C=O) groups excluding carboxylic acids is 2. The fourth-order valence-electron chi connectivity index (χ4n) is 1.51. The number of nitrogens with two attached hydrogens (primary N) is 1. The molecule has 0 radical (unpaired) electrons. The zero-order chi connectivity index (χ0) is 10.7. The molecule has 0 bridgehead atoms. The minimum absolute atomic E-state index is 0.269. The third-order valence-electron chi connectivity index (χ3n) is 2.46. The maximum absolute atomic E-state index is 11.1. The van der Waals surface area contributed by atoms with Crippen molar-refractivity contribution in [3.8, 4) is 0 Å². The summed E-state index contributed by atoms with van der Waals surface area (Å²) in [4.78, 5) is 25.4. The Morgan fingerprint density at radius 2 is 2.14 bits per heavy atom. The maximum atomic E-state index is 11.1. The fourth-order valence-corrected chi connectivity index (χ4v) is 1.51. The van der Waals surface area contributed by atoms with Gasteiger partial charge in [-0.3, -0.25) is 14.5 Å². The predicted octanol–water partition coefficient (Wildman–Crippen LogP) is -2.39. The van der Waals surface area contributed by atoms with Gasteiger partial charge < -0.3 is 15.7 Å². The summed E-state index contributed by atoms with van der Waals surface area (Å²) in [6.07, 6.45) is 0. The van der Waals surface area contributed by atoms with Crippen LogP contribution in [0, 0.1) is 0 Å². The van der Waals surface area contributed by atoms with Gasteiger partial charge in [0.2, 0.25) is 11.8 Å². The van der Waals surface area contributed by atoms with Crippen LogP contribution in [-0.4, -0.2) is 66.1 Å². The number of aliphatic hydroxyl groups is 1. The first kappa shape index (κ1) is 10.9. The van der Waals surface area contributed by atoms with Crippen LogP contribution in [0.1, 0.15) is 0 Å². The van der Waals surface area contributed by atoms with E-state index in [2.05, 4.69) is 0 Å². The molecule has 0 spiro atoms. The molecule has 1 fully saturated rings. The van der Waals surface area contributed by atoms with Crippen molar-refractivity contribution in [2.75, 3.05) is 33.3 Å². The number of likely N-dealkylation sites (N-methyl/N-ethyl adjacent to an activating group) is 1. The van der Waals surface area contributed by atoms with Crippen LogP contribution in [0.25, 0.3) is 0 Å². The monoisotopic (exact) mass is 201 g/mol. The summed E-state index contributed by atoms with van der Waals surface area (Å²) in [6.45, 7) is 0.874. The quantitative estimate of drug-likeness (QED) is 0.521. The van der Waals surface area contributed by atoms with Gasteiger partial charge in [0.25, 0.3) is 0 Å². The van der Waals surface area contributed by atoms with Gasteiger partial charge in [-0.1, -0.05) is 0 Å². The van der Waals surface area contributed by atoms with E-state index in [1.165, 1.54) is 4.90 Å². The lowest BCUT2D eigenvalue weighted by Crippen LogP contribution is -2.58. The van der Waals surface area contributed by atoms with Crippen molar-refractivity contribution in [1.82, 2.24) is 9.80 Å². The molecule has 1 rings (SSSR count). The number of nitrogens with zero attached hydrogens (tertiary/aromatic N) is 2. The Kier molecular flexibility index (Phi) is 3.43. The molecule has 1 aliphatic rings. The summed E-state index contributed by atoms with van der Waals surface area (Å²) < 4.78 is 0.